The Balaban J connectivity index is 3.62. The Bertz CT molecular complexity index is 67.3. The summed E-state index contributed by atoms with van der Waals surface area (Å²) in [6.07, 6.45) is 0.855. The third-order valence-corrected chi connectivity index (χ3v) is 1.44. The minimum absolute atomic E-state index is 0.422. The molecule has 1 atom stereocenters. The topological polar surface area (TPSA) is 18.5 Å². The zero-order valence-electron chi connectivity index (χ0n) is 6.60. The van der Waals surface area contributed by atoms with Crippen LogP contribution in [0.25, 0.3) is 0 Å². The fourth-order valence-corrected chi connectivity index (χ4v) is 0.525. The van der Waals surface area contributed by atoms with Crippen molar-refractivity contribution in [3.63, 3.8) is 0 Å². The summed E-state index contributed by atoms with van der Waals surface area (Å²) in [5, 5.41) is 0. The number of hydrogen-bond donors (Lipinski definition) is 0. The largest absolute Gasteiger partial charge is 0.353 e. The molecule has 0 fully saturated rings. The molecule has 0 N–H and O–H groups in total. The SMILES string of the molecule is C[CH]OC(C)(CC)OC. The molecule has 55 valence electrons. The maximum atomic E-state index is 5.18. The predicted octanol–water partition coefficient (Wildman–Crippen LogP) is 1.96. The Morgan fingerprint density at radius 3 is 2.22 bits per heavy atom. The molecule has 1 radical (unpaired) electrons. The molecule has 1 unspecified atom stereocenters. The molecular formula is C7H15O2. The highest BCUT2D eigenvalue weighted by Crippen LogP contribution is 2.15. The van der Waals surface area contributed by atoms with Crippen LogP contribution in [-0.4, -0.2) is 12.9 Å². The monoisotopic (exact) mass is 131 g/mol. The number of hydrogen-bond acceptors (Lipinski definition) is 2. The molecule has 0 amide bonds. The number of rotatable bonds is 4. The summed E-state index contributed by atoms with van der Waals surface area (Å²) in [5.74, 6) is -0.422. The van der Waals surface area contributed by atoms with E-state index >= 15 is 0 Å². The van der Waals surface area contributed by atoms with Gasteiger partial charge in [-0.3, -0.25) is 0 Å². The van der Waals surface area contributed by atoms with Crippen LogP contribution >= 0.6 is 0 Å². The van der Waals surface area contributed by atoms with E-state index in [0.29, 0.717) is 0 Å². The summed E-state index contributed by atoms with van der Waals surface area (Å²) in [5.41, 5.74) is 0. The molecule has 2 heteroatoms. The summed E-state index contributed by atoms with van der Waals surface area (Å²) < 4.78 is 10.3. The zero-order chi connectivity index (χ0) is 7.33. The molecule has 2 nitrogen and oxygen atoms in total. The van der Waals surface area contributed by atoms with Gasteiger partial charge in [-0.2, -0.15) is 0 Å². The van der Waals surface area contributed by atoms with Crippen molar-refractivity contribution < 1.29 is 9.47 Å². The van der Waals surface area contributed by atoms with E-state index in [4.69, 9.17) is 9.47 Å². The Morgan fingerprint density at radius 1 is 1.56 bits per heavy atom. The van der Waals surface area contributed by atoms with E-state index in [1.54, 1.807) is 13.7 Å². The first-order valence-corrected chi connectivity index (χ1v) is 3.19. The third-order valence-electron chi connectivity index (χ3n) is 1.44. The van der Waals surface area contributed by atoms with Crippen molar-refractivity contribution >= 4 is 0 Å². The molecule has 0 aromatic carbocycles. The van der Waals surface area contributed by atoms with Crippen LogP contribution in [0.3, 0.4) is 0 Å². The van der Waals surface area contributed by atoms with Crippen LogP contribution < -0.4 is 0 Å². The first-order valence-electron chi connectivity index (χ1n) is 3.19. The van der Waals surface area contributed by atoms with Crippen molar-refractivity contribution in [2.75, 3.05) is 7.11 Å². The lowest BCUT2D eigenvalue weighted by Crippen LogP contribution is -2.28. The van der Waals surface area contributed by atoms with Gasteiger partial charge in [-0.15, -0.1) is 0 Å². The Labute approximate surface area is 57.2 Å². The molecule has 0 saturated carbocycles. The van der Waals surface area contributed by atoms with Gasteiger partial charge >= 0.3 is 0 Å². The van der Waals surface area contributed by atoms with E-state index in [1.807, 2.05) is 20.8 Å². The highest BCUT2D eigenvalue weighted by molar-refractivity contribution is 4.60. The van der Waals surface area contributed by atoms with Gasteiger partial charge in [0.1, 0.15) is 0 Å². The highest BCUT2D eigenvalue weighted by Gasteiger charge is 2.19. The molecule has 9 heavy (non-hydrogen) atoms. The Hall–Kier alpha value is -0.0800. The summed E-state index contributed by atoms with van der Waals surface area (Å²) >= 11 is 0. The fraction of sp³-hybridized carbons (Fsp3) is 0.857. The van der Waals surface area contributed by atoms with Gasteiger partial charge in [-0.25, -0.2) is 0 Å². The number of ether oxygens (including phenoxy) is 2. The molecule has 0 aromatic rings. The van der Waals surface area contributed by atoms with E-state index in [2.05, 4.69) is 0 Å². The van der Waals surface area contributed by atoms with Crippen LogP contribution in [0.1, 0.15) is 27.2 Å². The average Bonchev–Trinajstić information content (AvgIpc) is 1.89. The van der Waals surface area contributed by atoms with Gasteiger partial charge in [-0.05, 0) is 20.3 Å². The first-order chi connectivity index (χ1) is 4.18. The van der Waals surface area contributed by atoms with Gasteiger partial charge in [0.15, 0.2) is 5.79 Å². The van der Waals surface area contributed by atoms with Crippen LogP contribution in [-0.2, 0) is 9.47 Å². The molecule has 0 aromatic heterocycles. The Morgan fingerprint density at radius 2 is 2.11 bits per heavy atom. The minimum Gasteiger partial charge on any atom is -0.353 e. The molecule has 0 aliphatic rings. The average molecular weight is 131 g/mol. The van der Waals surface area contributed by atoms with Crippen LogP contribution in [0.15, 0.2) is 0 Å². The third kappa shape index (κ3) is 2.82. The van der Waals surface area contributed by atoms with Gasteiger partial charge in [0, 0.05) is 7.11 Å². The zero-order valence-corrected chi connectivity index (χ0v) is 6.60. The lowest BCUT2D eigenvalue weighted by Gasteiger charge is -2.25. The lowest BCUT2D eigenvalue weighted by molar-refractivity contribution is -0.190. The second-order valence-corrected chi connectivity index (χ2v) is 2.05. The minimum atomic E-state index is -0.422. The van der Waals surface area contributed by atoms with Gasteiger partial charge in [-0.1, -0.05) is 6.92 Å². The van der Waals surface area contributed by atoms with E-state index in [1.165, 1.54) is 0 Å². The second-order valence-electron chi connectivity index (χ2n) is 2.05. The van der Waals surface area contributed by atoms with Gasteiger partial charge in [0.2, 0.25) is 0 Å². The molecule has 0 heterocycles. The summed E-state index contributed by atoms with van der Waals surface area (Å²) in [7, 11) is 1.65. The molecule has 0 spiro atoms. The van der Waals surface area contributed by atoms with Crippen molar-refractivity contribution in [2.45, 2.75) is 33.0 Å². The maximum Gasteiger partial charge on any atom is 0.165 e. The Kier molecular flexibility index (Phi) is 3.82. The molecular weight excluding hydrogens is 116 g/mol. The highest BCUT2D eigenvalue weighted by atomic mass is 16.7. The van der Waals surface area contributed by atoms with Crippen LogP contribution in [0, 0.1) is 6.61 Å². The number of methoxy groups -OCH3 is 1. The standard InChI is InChI=1S/C7H15O2/c1-5-7(3,8-4)9-6-2/h6H,5H2,1-4H3. The second kappa shape index (κ2) is 3.85. The van der Waals surface area contributed by atoms with Crippen LogP contribution in [0.2, 0.25) is 0 Å². The first kappa shape index (κ1) is 8.92. The molecule has 0 aliphatic heterocycles. The van der Waals surface area contributed by atoms with E-state index in [9.17, 15) is 0 Å². The smallest absolute Gasteiger partial charge is 0.165 e. The van der Waals surface area contributed by atoms with Gasteiger partial charge in [0.05, 0.1) is 6.61 Å². The van der Waals surface area contributed by atoms with Gasteiger partial charge in [0.25, 0.3) is 0 Å². The normalized spacial score (nSPS) is 17.3. The summed E-state index contributed by atoms with van der Waals surface area (Å²) in [6, 6.07) is 0. The maximum absolute atomic E-state index is 5.18. The molecule has 0 saturated heterocycles. The molecule has 0 aliphatic carbocycles. The van der Waals surface area contributed by atoms with Crippen molar-refractivity contribution in [1.29, 1.82) is 0 Å². The fourth-order valence-electron chi connectivity index (χ4n) is 0.525. The lowest BCUT2D eigenvalue weighted by atomic mass is 10.2. The van der Waals surface area contributed by atoms with Crippen molar-refractivity contribution in [1.82, 2.24) is 0 Å². The summed E-state index contributed by atoms with van der Waals surface area (Å²) in [4.78, 5) is 0. The van der Waals surface area contributed by atoms with Crippen LogP contribution in [0.5, 0.6) is 0 Å². The van der Waals surface area contributed by atoms with E-state index in [0.717, 1.165) is 6.42 Å². The van der Waals surface area contributed by atoms with E-state index in [-0.39, 0.29) is 0 Å². The van der Waals surface area contributed by atoms with E-state index < -0.39 is 5.79 Å². The summed E-state index contributed by atoms with van der Waals surface area (Å²) in [6.45, 7) is 7.42. The molecule has 0 rings (SSSR count). The van der Waals surface area contributed by atoms with Gasteiger partial charge < -0.3 is 9.47 Å². The molecule has 0 bridgehead atoms. The van der Waals surface area contributed by atoms with Crippen LogP contribution in [0.4, 0.5) is 0 Å². The van der Waals surface area contributed by atoms with Crippen molar-refractivity contribution in [2.24, 2.45) is 0 Å². The quantitative estimate of drug-likeness (QED) is 0.543. The van der Waals surface area contributed by atoms with Crippen molar-refractivity contribution in [3.8, 4) is 0 Å². The predicted molar refractivity (Wildman–Crippen MR) is 36.8 cm³/mol. The van der Waals surface area contributed by atoms with Crippen molar-refractivity contribution in [3.05, 3.63) is 6.61 Å².